The van der Waals surface area contributed by atoms with E-state index in [0.717, 1.165) is 17.0 Å². The molecule has 0 fully saturated rings. The lowest BCUT2D eigenvalue weighted by Gasteiger charge is -2.19. The number of anilines is 1. The van der Waals surface area contributed by atoms with Crippen LogP contribution in [0.3, 0.4) is 0 Å². The predicted molar refractivity (Wildman–Crippen MR) is 89.3 cm³/mol. The topological polar surface area (TPSA) is 87.4 Å². The molecule has 0 saturated carbocycles. The summed E-state index contributed by atoms with van der Waals surface area (Å²) in [5.41, 5.74) is 2.30. The predicted octanol–water partition coefficient (Wildman–Crippen LogP) is 3.10. The van der Waals surface area contributed by atoms with Crippen molar-refractivity contribution in [3.8, 4) is 11.5 Å². The van der Waals surface area contributed by atoms with Crippen molar-refractivity contribution in [1.29, 1.82) is 0 Å². The number of aliphatic hydroxyl groups excluding tert-OH is 1. The highest BCUT2D eigenvalue weighted by molar-refractivity contribution is 5.90. The molecule has 124 valence electrons. The second-order valence-corrected chi connectivity index (χ2v) is 5.79. The summed E-state index contributed by atoms with van der Waals surface area (Å²) in [6.45, 7) is 7.51. The minimum Gasteiger partial charge on any atom is -0.441 e. The third-order valence-corrected chi connectivity index (χ3v) is 3.90. The Bertz CT molecular complexity index is 662. The summed E-state index contributed by atoms with van der Waals surface area (Å²) < 4.78 is 5.60. The number of amides is 2. The van der Waals surface area contributed by atoms with Crippen molar-refractivity contribution in [3.63, 3.8) is 0 Å². The van der Waals surface area contributed by atoms with Crippen molar-refractivity contribution in [2.75, 3.05) is 11.9 Å². The smallest absolute Gasteiger partial charge is 0.319 e. The largest absolute Gasteiger partial charge is 0.441 e. The van der Waals surface area contributed by atoms with Gasteiger partial charge in [-0.25, -0.2) is 9.78 Å². The van der Waals surface area contributed by atoms with Gasteiger partial charge in [-0.15, -0.1) is 0 Å². The maximum absolute atomic E-state index is 12.0. The van der Waals surface area contributed by atoms with Crippen molar-refractivity contribution in [1.82, 2.24) is 10.3 Å². The van der Waals surface area contributed by atoms with E-state index < -0.39 is 0 Å². The van der Waals surface area contributed by atoms with Crippen LogP contribution < -0.4 is 10.6 Å². The Balaban J connectivity index is 2.07. The molecule has 2 amide bonds. The molecule has 0 radical (unpaired) electrons. The van der Waals surface area contributed by atoms with Crippen molar-refractivity contribution < 1.29 is 14.3 Å². The lowest BCUT2D eigenvalue weighted by Crippen LogP contribution is -2.40. The van der Waals surface area contributed by atoms with Gasteiger partial charge in [-0.1, -0.05) is 13.0 Å². The fourth-order valence-corrected chi connectivity index (χ4v) is 2.00. The first-order valence-electron chi connectivity index (χ1n) is 7.63. The van der Waals surface area contributed by atoms with Crippen LogP contribution in [-0.4, -0.2) is 28.8 Å². The number of urea groups is 1. The van der Waals surface area contributed by atoms with Crippen molar-refractivity contribution in [2.45, 2.75) is 33.7 Å². The average molecular weight is 317 g/mol. The number of carbonyl (C=O) groups is 1. The number of hydrogen-bond donors (Lipinski definition) is 3. The number of aryl methyl sites for hydroxylation is 2. The summed E-state index contributed by atoms with van der Waals surface area (Å²) in [5, 5.41) is 14.7. The number of carbonyl (C=O) groups excluding carboxylic acids is 1. The molecule has 1 heterocycles. The molecule has 2 aromatic rings. The van der Waals surface area contributed by atoms with E-state index in [-0.39, 0.29) is 24.6 Å². The fourth-order valence-electron chi connectivity index (χ4n) is 2.00. The van der Waals surface area contributed by atoms with Crippen LogP contribution in [0.5, 0.6) is 0 Å². The van der Waals surface area contributed by atoms with Crippen LogP contribution in [-0.2, 0) is 0 Å². The van der Waals surface area contributed by atoms with Gasteiger partial charge in [-0.2, -0.15) is 0 Å². The van der Waals surface area contributed by atoms with Crippen LogP contribution >= 0.6 is 0 Å². The highest BCUT2D eigenvalue weighted by Gasteiger charge is 2.14. The summed E-state index contributed by atoms with van der Waals surface area (Å²) in [6.07, 6.45) is 0. The van der Waals surface area contributed by atoms with E-state index in [1.54, 1.807) is 6.07 Å². The van der Waals surface area contributed by atoms with E-state index in [2.05, 4.69) is 15.6 Å². The first kappa shape index (κ1) is 17.0. The normalized spacial score (nSPS) is 13.4. The zero-order chi connectivity index (χ0) is 17.0. The summed E-state index contributed by atoms with van der Waals surface area (Å²) in [7, 11) is 0. The molecule has 0 aliphatic carbocycles. The van der Waals surface area contributed by atoms with Gasteiger partial charge >= 0.3 is 6.03 Å². The average Bonchev–Trinajstić information content (AvgIpc) is 2.86. The van der Waals surface area contributed by atoms with Crippen molar-refractivity contribution >= 4 is 11.7 Å². The first-order chi connectivity index (χ1) is 10.9. The van der Waals surface area contributed by atoms with Crippen molar-refractivity contribution in [3.05, 3.63) is 35.7 Å². The highest BCUT2D eigenvalue weighted by atomic mass is 16.4. The summed E-state index contributed by atoms with van der Waals surface area (Å²) in [4.78, 5) is 16.4. The van der Waals surface area contributed by atoms with E-state index in [9.17, 15) is 4.79 Å². The van der Waals surface area contributed by atoms with Crippen LogP contribution in [0.4, 0.5) is 10.5 Å². The zero-order valence-corrected chi connectivity index (χ0v) is 13.9. The Morgan fingerprint density at radius 3 is 2.70 bits per heavy atom. The molecule has 0 unspecified atom stereocenters. The molecule has 3 N–H and O–H groups in total. The maximum atomic E-state index is 12.0. The van der Waals surface area contributed by atoms with Crippen LogP contribution in [0.2, 0.25) is 0 Å². The number of aliphatic hydroxyl groups is 1. The molecule has 6 nitrogen and oxygen atoms in total. The number of nitrogens with one attached hydrogen (secondary N) is 2. The summed E-state index contributed by atoms with van der Waals surface area (Å²) >= 11 is 0. The van der Waals surface area contributed by atoms with Gasteiger partial charge in [0, 0.05) is 23.9 Å². The van der Waals surface area contributed by atoms with Gasteiger partial charge in [0.1, 0.15) is 5.76 Å². The quantitative estimate of drug-likeness (QED) is 0.791. The van der Waals surface area contributed by atoms with E-state index in [1.807, 2.05) is 45.9 Å². The fraction of sp³-hybridized carbons (Fsp3) is 0.412. The molecular formula is C17H23N3O3. The number of nitrogens with zero attached hydrogens (tertiary/aromatic N) is 1. The molecule has 6 heteroatoms. The standard InChI is InChI=1S/C17H23N3O3/c1-10(9-21)11(2)19-17(22)20-15-7-5-6-14(8-15)16-18-12(3)13(4)23-16/h5-8,10-11,21H,9H2,1-4H3,(H2,19,20,22)/t10-,11+/m1/s1. The zero-order valence-electron chi connectivity index (χ0n) is 13.9. The van der Waals surface area contributed by atoms with E-state index >= 15 is 0 Å². The van der Waals surface area contributed by atoms with E-state index in [0.29, 0.717) is 11.6 Å². The van der Waals surface area contributed by atoms with E-state index in [1.165, 1.54) is 0 Å². The van der Waals surface area contributed by atoms with Gasteiger partial charge in [-0.3, -0.25) is 0 Å². The number of aromatic nitrogens is 1. The molecule has 0 bridgehead atoms. The Morgan fingerprint density at radius 2 is 2.09 bits per heavy atom. The lowest BCUT2D eigenvalue weighted by molar-refractivity contribution is 0.204. The second kappa shape index (κ2) is 7.28. The molecule has 2 rings (SSSR count). The van der Waals surface area contributed by atoms with Crippen LogP contribution in [0.1, 0.15) is 25.3 Å². The van der Waals surface area contributed by atoms with E-state index in [4.69, 9.17) is 9.52 Å². The van der Waals surface area contributed by atoms with Crippen LogP contribution in [0, 0.1) is 19.8 Å². The first-order valence-corrected chi connectivity index (χ1v) is 7.63. The maximum Gasteiger partial charge on any atom is 0.319 e. The van der Waals surface area contributed by atoms with Gasteiger partial charge in [0.2, 0.25) is 5.89 Å². The minimum absolute atomic E-state index is 0.00893. The Morgan fingerprint density at radius 1 is 1.35 bits per heavy atom. The molecule has 0 aliphatic rings. The van der Waals surface area contributed by atoms with Gasteiger partial charge in [0.15, 0.2) is 0 Å². The molecule has 1 aromatic heterocycles. The SMILES string of the molecule is Cc1nc(-c2cccc(NC(=O)N[C@@H](C)[C@H](C)CO)c2)oc1C. The monoisotopic (exact) mass is 317 g/mol. The third kappa shape index (κ3) is 4.32. The number of hydrogen-bond acceptors (Lipinski definition) is 4. The number of rotatable bonds is 5. The summed E-state index contributed by atoms with van der Waals surface area (Å²) in [5.74, 6) is 1.31. The van der Waals surface area contributed by atoms with Gasteiger partial charge in [0.25, 0.3) is 0 Å². The van der Waals surface area contributed by atoms with Crippen molar-refractivity contribution in [2.24, 2.45) is 5.92 Å². The second-order valence-electron chi connectivity index (χ2n) is 5.79. The van der Waals surface area contributed by atoms with Gasteiger partial charge < -0.3 is 20.2 Å². The lowest BCUT2D eigenvalue weighted by atomic mass is 10.1. The molecule has 23 heavy (non-hydrogen) atoms. The van der Waals surface area contributed by atoms with Crippen LogP contribution in [0.15, 0.2) is 28.7 Å². The Labute approximate surface area is 135 Å². The Kier molecular flexibility index (Phi) is 5.39. The molecule has 1 aromatic carbocycles. The number of oxazole rings is 1. The third-order valence-electron chi connectivity index (χ3n) is 3.90. The van der Waals surface area contributed by atoms with Gasteiger partial charge in [-0.05, 0) is 44.9 Å². The molecular weight excluding hydrogens is 294 g/mol. The van der Waals surface area contributed by atoms with Gasteiger partial charge in [0.05, 0.1) is 5.69 Å². The molecule has 0 saturated heterocycles. The number of benzene rings is 1. The molecule has 0 spiro atoms. The highest BCUT2D eigenvalue weighted by Crippen LogP contribution is 2.24. The minimum atomic E-state index is -0.310. The Hall–Kier alpha value is -2.34. The molecule has 2 atom stereocenters. The van der Waals surface area contributed by atoms with Crippen LogP contribution in [0.25, 0.3) is 11.5 Å². The molecule has 0 aliphatic heterocycles. The summed E-state index contributed by atoms with van der Waals surface area (Å²) in [6, 6.07) is 6.88.